The molecule has 0 aromatic heterocycles. The molecule has 0 radical (unpaired) electrons. The van der Waals surface area contributed by atoms with Gasteiger partial charge in [-0.25, -0.2) is 9.59 Å². The van der Waals surface area contributed by atoms with Gasteiger partial charge in [0.25, 0.3) is 0 Å². The van der Waals surface area contributed by atoms with Crippen LogP contribution < -0.4 is 0 Å². The van der Waals surface area contributed by atoms with E-state index in [4.69, 9.17) is 4.74 Å². The zero-order valence-corrected chi connectivity index (χ0v) is 49.8. The molecule has 0 amide bonds. The third-order valence-corrected chi connectivity index (χ3v) is 6.45. The Hall–Kier alpha value is -4.35. The van der Waals surface area contributed by atoms with Gasteiger partial charge in [0, 0.05) is 80.9 Å². The maximum atomic E-state index is 10.4. The molecular formula is C64H168O25S2. The molecule has 0 aliphatic heterocycles. The molecule has 0 saturated heterocycles. The minimum Gasteiger partial charge on any atom is -0.469 e. The molecule has 0 N–H and O–H groups in total. The minimum absolute atomic E-state index is 0. The van der Waals surface area contributed by atoms with Crippen molar-refractivity contribution in [3.8, 4) is 0 Å². The van der Waals surface area contributed by atoms with Crippen LogP contribution in [0.15, 0.2) is 0 Å². The van der Waals surface area contributed by atoms with Gasteiger partial charge in [0.2, 0.25) is 6.79 Å². The molecule has 0 aliphatic rings. The van der Waals surface area contributed by atoms with E-state index in [-0.39, 0.29) is 180 Å². The number of rotatable bonds is 22. The van der Waals surface area contributed by atoms with E-state index in [0.29, 0.717) is 26.6 Å². The number of carbonyl (C=O) groups excluding carboxylic acids is 9. The summed E-state index contributed by atoms with van der Waals surface area (Å²) in [6.45, 7) is 22.9. The summed E-state index contributed by atoms with van der Waals surface area (Å²) in [5.41, 5.74) is 0. The third-order valence-electron chi connectivity index (χ3n) is 4.56. The molecule has 27 heteroatoms. The molecule has 0 spiro atoms. The molecule has 0 aromatic rings. The van der Waals surface area contributed by atoms with Crippen LogP contribution in [0.5, 0.6) is 0 Å². The molecule has 0 atom stereocenters. The van der Waals surface area contributed by atoms with Gasteiger partial charge in [0.1, 0.15) is 33.2 Å². The van der Waals surface area contributed by atoms with E-state index >= 15 is 0 Å². The molecule has 0 aliphatic carbocycles. The van der Waals surface area contributed by atoms with Crippen LogP contribution in [0.3, 0.4) is 0 Å². The summed E-state index contributed by atoms with van der Waals surface area (Å²) in [6, 6.07) is 0. The summed E-state index contributed by atoms with van der Waals surface area (Å²) < 4.78 is 70.6. The van der Waals surface area contributed by atoms with Crippen LogP contribution in [0, 0.1) is 0 Å². The zero-order chi connectivity index (χ0) is 59.5. The van der Waals surface area contributed by atoms with Gasteiger partial charge >= 0.3 is 53.7 Å². The zero-order valence-electron chi connectivity index (χ0n) is 48.1. The number of hydrogen-bond donors (Lipinski definition) is 0. The van der Waals surface area contributed by atoms with E-state index in [0.717, 1.165) is 13.2 Å². The van der Waals surface area contributed by atoms with Crippen molar-refractivity contribution in [3.05, 3.63) is 0 Å². The Balaban J connectivity index is -0.0000000172. The second kappa shape index (κ2) is 198. The number of carbonyl (C=O) groups is 9. The number of esters is 9. The highest BCUT2D eigenvalue weighted by Crippen LogP contribution is 2.01. The molecule has 0 aromatic carbocycles. The number of ether oxygens (including phenoxy) is 16. The van der Waals surface area contributed by atoms with Crippen LogP contribution in [0.2, 0.25) is 0 Å². The highest BCUT2D eigenvalue weighted by molar-refractivity contribution is 8.15. The third kappa shape index (κ3) is 363. The first-order valence-corrected chi connectivity index (χ1v) is 24.9. The molecule has 25 nitrogen and oxygen atoms in total. The molecule has 586 valence electrons. The van der Waals surface area contributed by atoms with E-state index in [9.17, 15) is 43.2 Å². The predicted molar refractivity (Wildman–Crippen MR) is 398 cm³/mol. The number of methoxy groups -OCH3 is 8. The van der Waals surface area contributed by atoms with Crippen LogP contribution in [-0.4, -0.2) is 195 Å². The Morgan fingerprint density at radius 3 is 0.637 bits per heavy atom. The normalized spacial score (nSPS) is 6.66. The number of thioether (sulfide) groups is 2. The lowest BCUT2D eigenvalue weighted by molar-refractivity contribution is -0.173. The molecule has 0 rings (SSSR count). The Kier molecular flexibility index (Phi) is 417. The molecular weight excluding hydrogens is 1230 g/mol. The first-order valence-electron chi connectivity index (χ1n) is 22.1. The van der Waals surface area contributed by atoms with Crippen molar-refractivity contribution < 1.29 is 119 Å². The molecule has 0 heterocycles. The van der Waals surface area contributed by atoms with Gasteiger partial charge < -0.3 is 75.8 Å². The summed E-state index contributed by atoms with van der Waals surface area (Å²) >= 11 is 3.73. The highest BCUT2D eigenvalue weighted by atomic mass is 32.2. The molecule has 0 fully saturated rings. The lowest BCUT2D eigenvalue weighted by Crippen LogP contribution is -2.16. The lowest BCUT2D eigenvalue weighted by atomic mass is 10.4. The predicted octanol–water partition coefficient (Wildman–Crippen LogP) is 17.6. The highest BCUT2D eigenvalue weighted by Gasteiger charge is 2.07. The van der Waals surface area contributed by atoms with Crippen molar-refractivity contribution in [1.82, 2.24) is 0 Å². The molecule has 91 heavy (non-hydrogen) atoms. The van der Waals surface area contributed by atoms with Gasteiger partial charge in [0.15, 0.2) is 13.6 Å². The van der Waals surface area contributed by atoms with Crippen LogP contribution in [0.4, 0.5) is 0 Å². The first kappa shape index (κ1) is 191. The second-order valence-electron chi connectivity index (χ2n) is 11.5. The number of hydrogen-bond acceptors (Lipinski definition) is 27. The van der Waals surface area contributed by atoms with Crippen molar-refractivity contribution in [3.63, 3.8) is 0 Å². The van der Waals surface area contributed by atoms with Crippen LogP contribution in [-0.2, 0) is 119 Å². The molecule has 0 bridgehead atoms. The second-order valence-corrected chi connectivity index (χ2v) is 13.6. The Bertz CT molecular complexity index is 1080. The van der Waals surface area contributed by atoms with Crippen LogP contribution in [0.1, 0.15) is 242 Å². The van der Waals surface area contributed by atoms with E-state index < -0.39 is 47.8 Å². The quantitative estimate of drug-likeness (QED) is 0.0320. The van der Waals surface area contributed by atoms with Gasteiger partial charge in [-0.3, -0.25) is 33.6 Å². The lowest BCUT2D eigenvalue weighted by Gasteiger charge is -2.02. The Morgan fingerprint density at radius 1 is 0.286 bits per heavy atom. The first-order chi connectivity index (χ1) is 34.4. The van der Waals surface area contributed by atoms with E-state index in [1.54, 1.807) is 42.3 Å². The van der Waals surface area contributed by atoms with Crippen LogP contribution in [0.25, 0.3) is 0 Å². The van der Waals surface area contributed by atoms with Gasteiger partial charge in [-0.2, -0.15) is 23.5 Å². The Labute approximate surface area is 577 Å². The summed E-state index contributed by atoms with van der Waals surface area (Å²) in [5.74, 6) is -4.12. The fraction of sp³-hybridized carbons (Fsp3) is 0.859. The van der Waals surface area contributed by atoms with E-state index in [1.165, 1.54) is 74.1 Å². The summed E-state index contributed by atoms with van der Waals surface area (Å²) in [5, 5.41) is 1.22. The van der Waals surface area contributed by atoms with Gasteiger partial charge in [-0.05, 0) is 33.3 Å². The monoisotopic (exact) mass is 1400 g/mol. The summed E-state index contributed by atoms with van der Waals surface area (Å²) in [7, 11) is 11.3. The summed E-state index contributed by atoms with van der Waals surface area (Å²) in [4.78, 5) is 91.8. The average molecular weight is 1400 g/mol. The standard InChI is InChI=1S/2C6H10O5.2C5H8O4.C5H10O2.C4H10O.2C3H8O2.C3H8S2.2C3H8.18CH4/c1-9-5(7)3-11-4-6(8)10-2;1-5(7)10-3-9-4-11-6(2)8;1-8-4(6)3-5(7)9-2;1-4(6)8-3-9-5(2)7;1-3-5(6)7-4-2;1-3-5-4-2;3*1-4-3-5-2;2*1-3-2;;;;;;;;;;;;;;;;;;/h2*3-4H2,1-2H3;2*3H2,1-2H3;3-4H2,1-2H3;3-4H2,1-2H3;3*3H2,1-2H3;2*3H2,1-2H3;18*1H4. The van der Waals surface area contributed by atoms with Crippen LogP contribution >= 0.6 is 23.5 Å². The van der Waals surface area contributed by atoms with Gasteiger partial charge in [-0.1, -0.05) is 181 Å². The van der Waals surface area contributed by atoms with E-state index in [1.807, 2.05) is 37.4 Å². The van der Waals surface area contributed by atoms with Crippen molar-refractivity contribution >= 4 is 77.2 Å². The topological polar surface area (TPSA) is 301 Å². The van der Waals surface area contributed by atoms with Crippen molar-refractivity contribution in [2.75, 3.05) is 141 Å². The maximum Gasteiger partial charge on any atom is 0.331 e. The fourth-order valence-electron chi connectivity index (χ4n) is 1.90. The van der Waals surface area contributed by atoms with Gasteiger partial charge in [0.05, 0.1) is 35.0 Å². The maximum absolute atomic E-state index is 10.4. The average Bonchev–Trinajstić information content (AvgIpc) is 3.34. The molecule has 0 unspecified atom stereocenters. The minimum atomic E-state index is -0.582. The van der Waals surface area contributed by atoms with Gasteiger partial charge in [-0.15, -0.1) is 0 Å². The largest absolute Gasteiger partial charge is 0.469 e. The van der Waals surface area contributed by atoms with Crippen molar-refractivity contribution in [2.24, 2.45) is 0 Å². The van der Waals surface area contributed by atoms with Crippen molar-refractivity contribution in [1.29, 1.82) is 0 Å². The smallest absolute Gasteiger partial charge is 0.331 e. The summed E-state index contributed by atoms with van der Waals surface area (Å²) in [6.07, 6.45) is 6.88. The van der Waals surface area contributed by atoms with Crippen molar-refractivity contribution in [2.45, 2.75) is 242 Å². The SMILES string of the molecule is C.C.C.C.C.C.C.C.C.C.C.C.C.C.C.C.C.C.CC(=O)OCOC(C)=O.CC(=O)OCOCOC(C)=O.CCC.CCC.CCOC(=O)CC.CCOCC.COC(=O)CC(=O)OC.COC(=O)COCC(=O)OC.COCOC.COCOC.CSCSC. The van der Waals surface area contributed by atoms with E-state index in [2.05, 4.69) is 111 Å². The molecule has 0 saturated carbocycles. The Morgan fingerprint density at radius 2 is 0.516 bits per heavy atom. The fourth-order valence-corrected chi connectivity index (χ4v) is 2.84.